The largest absolute Gasteiger partial charge is 0.524 e. The lowest BCUT2D eigenvalue weighted by Gasteiger charge is -2.33. The van der Waals surface area contributed by atoms with E-state index in [0.717, 1.165) is 35.1 Å². The Kier molecular flexibility index (Phi) is 5.21. The van der Waals surface area contributed by atoms with Crippen molar-refractivity contribution in [1.82, 2.24) is 0 Å². The molecule has 5 aromatic carbocycles. The van der Waals surface area contributed by atoms with Gasteiger partial charge in [-0.15, -0.1) is 0 Å². The number of phosphoric acid groups is 2. The quantitative estimate of drug-likeness (QED) is 0.136. The molecule has 8 nitrogen and oxygen atoms in total. The molecule has 0 aromatic heterocycles. The molecule has 52 heavy (non-hydrogen) atoms. The van der Waals surface area contributed by atoms with Gasteiger partial charge in [0.05, 0.1) is 0 Å². The highest BCUT2D eigenvalue weighted by atomic mass is 31.2. The summed E-state index contributed by atoms with van der Waals surface area (Å²) in [5, 5.41) is 0. The Morgan fingerprint density at radius 3 is 0.865 bits per heavy atom. The highest BCUT2D eigenvalue weighted by Gasteiger charge is 2.56. The van der Waals surface area contributed by atoms with Crippen molar-refractivity contribution in [2.24, 2.45) is 0 Å². The minimum atomic E-state index is -5.03. The van der Waals surface area contributed by atoms with Gasteiger partial charge in [0.1, 0.15) is 11.5 Å². The van der Waals surface area contributed by atoms with Gasteiger partial charge in [-0.3, -0.25) is 19.6 Å². The molecular formula is C42H32O8P2. The maximum atomic E-state index is 12.8. The molecule has 5 aromatic rings. The molecule has 10 heteroatoms. The van der Waals surface area contributed by atoms with Gasteiger partial charge >= 0.3 is 15.6 Å². The molecule has 8 atom stereocenters. The first-order valence-electron chi connectivity index (χ1n) is 18.3. The van der Waals surface area contributed by atoms with E-state index in [2.05, 4.69) is 72.8 Å². The number of rotatable bonds is 4. The van der Waals surface area contributed by atoms with Crippen molar-refractivity contribution in [2.45, 2.75) is 73.0 Å². The predicted molar refractivity (Wildman–Crippen MR) is 191 cm³/mol. The maximum Gasteiger partial charge on any atom is 0.524 e. The van der Waals surface area contributed by atoms with Gasteiger partial charge in [-0.05, 0) is 92.4 Å². The highest BCUT2D eigenvalue weighted by Crippen LogP contribution is 2.73. The molecule has 258 valence electrons. The monoisotopic (exact) mass is 726 g/mol. The Morgan fingerprint density at radius 1 is 0.385 bits per heavy atom. The normalized spacial score (nSPS) is 29.0. The zero-order valence-electron chi connectivity index (χ0n) is 27.7. The second kappa shape index (κ2) is 9.19. The topological polar surface area (TPSA) is 134 Å². The first kappa shape index (κ1) is 29.5. The minimum absolute atomic E-state index is 0.187. The Labute approximate surface area is 298 Å². The van der Waals surface area contributed by atoms with E-state index in [1.54, 1.807) is 0 Å². The standard InChI is InChI=1S/C42H32O8P2/c43-51(44,45)49-41-37-33-15-34(30-12-26-22-9-21(25(26)11-29(30)33)17-5-1-2-6-18(17)22)38(37)42(50-52(46,47)48)40-36-16-35(39(40)41)31-13-27-23-10-24(28(27)14-32(31)36)20-8-4-3-7-19(20)23/h1-8,11-14,21-24,33-36H,9-10,15-16H2,(H2,43,44,45)(H2,46,47,48)/t21-,22+,23+,24-,33-,34+,35+,36-. The van der Waals surface area contributed by atoms with Gasteiger partial charge in [0.2, 0.25) is 0 Å². The molecule has 4 N–H and O–H groups in total. The van der Waals surface area contributed by atoms with Crippen LogP contribution in [0.5, 0.6) is 11.5 Å². The van der Waals surface area contributed by atoms with Crippen LogP contribution in [0.2, 0.25) is 0 Å². The van der Waals surface area contributed by atoms with Crippen molar-refractivity contribution in [3.05, 3.63) is 162 Å². The number of fused-ring (bicyclic) bond motifs is 32. The molecule has 0 saturated heterocycles. The molecule has 0 spiro atoms. The predicted octanol–water partition coefficient (Wildman–Crippen LogP) is 8.55. The van der Waals surface area contributed by atoms with Crippen LogP contribution in [0.15, 0.2) is 72.8 Å². The molecular weight excluding hydrogens is 694 g/mol. The number of hydrogen-bond donors (Lipinski definition) is 4. The fraction of sp³-hybridized carbons (Fsp3) is 0.286. The zero-order valence-corrected chi connectivity index (χ0v) is 29.5. The molecule has 13 rings (SSSR count). The summed E-state index contributed by atoms with van der Waals surface area (Å²) in [6.45, 7) is 0. The van der Waals surface area contributed by atoms with Crippen molar-refractivity contribution in [1.29, 1.82) is 0 Å². The van der Waals surface area contributed by atoms with Crippen LogP contribution in [-0.2, 0) is 9.13 Å². The summed E-state index contributed by atoms with van der Waals surface area (Å²) in [5.74, 6) is 0.661. The number of phosphoric ester groups is 2. The molecule has 0 fully saturated rings. The van der Waals surface area contributed by atoms with E-state index in [9.17, 15) is 28.7 Å². The molecule has 8 bridgehead atoms. The SMILES string of the molecule is O=P(O)(O)Oc1c2c(c(OP(=O)(O)O)c3c1[C@H]1C[C@@H]3c3cc4c(cc31)[C@H]1C[C@@H]4c3ccccc31)[C@H]1C[C@@H]2c2cc3c(cc21)[C@H]1C[C@@H]3c2ccccc21. The average Bonchev–Trinajstić information content (AvgIpc) is 3.98. The van der Waals surface area contributed by atoms with Crippen molar-refractivity contribution < 1.29 is 37.8 Å². The van der Waals surface area contributed by atoms with Crippen molar-refractivity contribution in [2.75, 3.05) is 0 Å². The van der Waals surface area contributed by atoms with E-state index in [-0.39, 0.29) is 35.2 Å². The van der Waals surface area contributed by atoms with E-state index < -0.39 is 15.6 Å². The van der Waals surface area contributed by atoms with Gasteiger partial charge in [-0.2, -0.15) is 0 Å². The van der Waals surface area contributed by atoms with E-state index in [1.165, 1.54) is 44.5 Å². The van der Waals surface area contributed by atoms with Crippen molar-refractivity contribution >= 4 is 15.6 Å². The van der Waals surface area contributed by atoms with Crippen LogP contribution in [0.3, 0.4) is 0 Å². The van der Waals surface area contributed by atoms with E-state index in [4.69, 9.17) is 9.05 Å². The van der Waals surface area contributed by atoms with Crippen LogP contribution in [0, 0.1) is 0 Å². The first-order chi connectivity index (χ1) is 25.0. The van der Waals surface area contributed by atoms with Gasteiger partial charge < -0.3 is 9.05 Å². The molecule has 8 aliphatic carbocycles. The number of benzene rings is 5. The molecule has 8 aliphatic rings. The molecule has 0 heterocycles. The summed E-state index contributed by atoms with van der Waals surface area (Å²) in [6, 6.07) is 26.6. The van der Waals surface area contributed by atoms with Crippen LogP contribution in [0.1, 0.15) is 162 Å². The third-order valence-electron chi connectivity index (χ3n) is 14.3. The van der Waals surface area contributed by atoms with Crippen LogP contribution < -0.4 is 9.05 Å². The van der Waals surface area contributed by atoms with Crippen LogP contribution in [-0.4, -0.2) is 19.6 Å². The lowest BCUT2D eigenvalue weighted by molar-refractivity contribution is 0.275. The van der Waals surface area contributed by atoms with Crippen LogP contribution >= 0.6 is 15.6 Å². The fourth-order valence-electron chi connectivity index (χ4n) is 12.9. The summed E-state index contributed by atoms with van der Waals surface area (Å²) in [4.78, 5) is 41.7. The zero-order chi connectivity index (χ0) is 34.7. The lowest BCUT2D eigenvalue weighted by Crippen LogP contribution is -2.16. The van der Waals surface area contributed by atoms with Crippen molar-refractivity contribution in [3.8, 4) is 11.5 Å². The number of hydrogen-bond acceptors (Lipinski definition) is 4. The summed E-state index contributed by atoms with van der Waals surface area (Å²) < 4.78 is 37.3. The Hall–Kier alpha value is -4.00. The summed E-state index contributed by atoms with van der Waals surface area (Å²) in [5.41, 5.74) is 17.7. The summed E-state index contributed by atoms with van der Waals surface area (Å²) >= 11 is 0. The highest BCUT2D eigenvalue weighted by molar-refractivity contribution is 7.47. The summed E-state index contributed by atoms with van der Waals surface area (Å²) in [7, 11) is -10.1. The molecule has 0 saturated carbocycles. The van der Waals surface area contributed by atoms with Gasteiger partial charge in [0.15, 0.2) is 0 Å². The maximum absolute atomic E-state index is 12.8. The Morgan fingerprint density at radius 2 is 0.615 bits per heavy atom. The Bertz CT molecular complexity index is 2340. The average molecular weight is 727 g/mol. The molecule has 0 amide bonds. The van der Waals surface area contributed by atoms with Gasteiger partial charge in [0.25, 0.3) is 0 Å². The second-order valence-electron chi connectivity index (χ2n) is 16.3. The lowest BCUT2D eigenvalue weighted by atomic mass is 9.74. The molecule has 0 radical (unpaired) electrons. The third kappa shape index (κ3) is 3.46. The third-order valence-corrected chi connectivity index (χ3v) is 15.2. The molecule has 0 unspecified atom stereocenters. The van der Waals surface area contributed by atoms with Crippen LogP contribution in [0.25, 0.3) is 0 Å². The first-order valence-corrected chi connectivity index (χ1v) is 21.3. The van der Waals surface area contributed by atoms with Gasteiger partial charge in [-0.1, -0.05) is 72.8 Å². The van der Waals surface area contributed by atoms with E-state index >= 15 is 0 Å². The minimum Gasteiger partial charge on any atom is -0.404 e. The van der Waals surface area contributed by atoms with E-state index in [0.29, 0.717) is 58.8 Å². The van der Waals surface area contributed by atoms with Gasteiger partial charge in [0, 0.05) is 69.6 Å². The Balaban J connectivity index is 1.03. The van der Waals surface area contributed by atoms with E-state index in [1.807, 2.05) is 0 Å². The fourth-order valence-corrected chi connectivity index (χ4v) is 13.7. The van der Waals surface area contributed by atoms with Crippen molar-refractivity contribution in [3.63, 3.8) is 0 Å². The van der Waals surface area contributed by atoms with Crippen LogP contribution in [0.4, 0.5) is 0 Å². The van der Waals surface area contributed by atoms with Gasteiger partial charge in [-0.25, -0.2) is 9.13 Å². The smallest absolute Gasteiger partial charge is 0.404 e. The second-order valence-corrected chi connectivity index (χ2v) is 18.6. The summed E-state index contributed by atoms with van der Waals surface area (Å²) in [6.07, 6.45) is 3.33. The molecule has 0 aliphatic heterocycles.